The monoisotopic (exact) mass is 713 g/mol. The molecule has 3 aromatic rings. The number of carbonyl (C=O) groups is 3. The first-order valence-corrected chi connectivity index (χ1v) is 18.8. The molecule has 0 radical (unpaired) electrons. The average molecular weight is 714 g/mol. The largest absolute Gasteiger partial charge is 0.358 e. The predicted octanol–water partition coefficient (Wildman–Crippen LogP) is 4.60. The van der Waals surface area contributed by atoms with E-state index >= 15 is 0 Å². The molecule has 3 amide bonds. The Hall–Kier alpha value is -3.09. The topological polar surface area (TPSA) is 158 Å². The number of fused-ring (bicyclic) bond motifs is 1. The molecular formula is C37H56ClN7O3S. The van der Waals surface area contributed by atoms with Gasteiger partial charge in [-0.05, 0) is 89.2 Å². The van der Waals surface area contributed by atoms with Crippen LogP contribution in [0.15, 0.2) is 53.4 Å². The van der Waals surface area contributed by atoms with Crippen molar-refractivity contribution in [3.05, 3.63) is 65.4 Å². The number of para-hydroxylation sites is 1. The van der Waals surface area contributed by atoms with Gasteiger partial charge in [-0.3, -0.25) is 14.4 Å². The highest BCUT2D eigenvalue weighted by Gasteiger charge is 2.34. The van der Waals surface area contributed by atoms with Crippen LogP contribution in [-0.4, -0.2) is 83.0 Å². The molecule has 0 fully saturated rings. The van der Waals surface area contributed by atoms with Gasteiger partial charge >= 0.3 is 0 Å². The molecule has 8 N–H and O–H groups in total. The van der Waals surface area contributed by atoms with E-state index in [4.69, 9.17) is 23.1 Å². The zero-order chi connectivity index (χ0) is 35.9. The number of aromatic amines is 1. The molecule has 1 unspecified atom stereocenters. The minimum atomic E-state index is -0.832. The molecule has 0 bridgehead atoms. The summed E-state index contributed by atoms with van der Waals surface area (Å²) in [6, 6.07) is 13.8. The van der Waals surface area contributed by atoms with E-state index in [2.05, 4.69) is 33.9 Å². The van der Waals surface area contributed by atoms with Gasteiger partial charge in [-0.25, -0.2) is 0 Å². The van der Waals surface area contributed by atoms with Gasteiger partial charge < -0.3 is 37.3 Å². The molecule has 0 saturated heterocycles. The second kappa shape index (κ2) is 20.6. The lowest BCUT2D eigenvalue weighted by atomic mass is 9.99. The van der Waals surface area contributed by atoms with Crippen molar-refractivity contribution in [3.8, 4) is 0 Å². The van der Waals surface area contributed by atoms with Gasteiger partial charge in [0.25, 0.3) is 0 Å². The Labute approximate surface area is 301 Å². The van der Waals surface area contributed by atoms with E-state index in [-0.39, 0.29) is 28.3 Å². The number of halogens is 1. The zero-order valence-electron chi connectivity index (χ0n) is 29.7. The third-order valence-electron chi connectivity index (χ3n) is 8.94. The van der Waals surface area contributed by atoms with Crippen LogP contribution in [0, 0.1) is 6.92 Å². The lowest BCUT2D eigenvalue weighted by Gasteiger charge is -2.32. The van der Waals surface area contributed by atoms with Crippen LogP contribution in [0.3, 0.4) is 0 Å². The van der Waals surface area contributed by atoms with Crippen LogP contribution in [0.2, 0.25) is 0 Å². The summed E-state index contributed by atoms with van der Waals surface area (Å²) in [5, 5.41) is 10.6. The van der Waals surface area contributed by atoms with Gasteiger partial charge in [0, 0.05) is 58.7 Å². The normalized spacial score (nSPS) is 14.5. The molecular weight excluding hydrogens is 658 g/mol. The van der Waals surface area contributed by atoms with Crippen LogP contribution in [0.5, 0.6) is 0 Å². The zero-order valence-corrected chi connectivity index (χ0v) is 31.3. The van der Waals surface area contributed by atoms with Gasteiger partial charge in [-0.2, -0.15) is 0 Å². The van der Waals surface area contributed by atoms with Crippen molar-refractivity contribution in [2.24, 2.45) is 11.5 Å². The van der Waals surface area contributed by atoms with Gasteiger partial charge in [0.05, 0.1) is 6.04 Å². The Kier molecular flexibility index (Phi) is 16.9. The van der Waals surface area contributed by atoms with E-state index in [9.17, 15) is 14.4 Å². The number of hydrogen-bond donors (Lipinski definition) is 6. The Morgan fingerprint density at radius 3 is 2.31 bits per heavy atom. The fourth-order valence-corrected chi connectivity index (χ4v) is 7.04. The molecule has 49 heavy (non-hydrogen) atoms. The van der Waals surface area contributed by atoms with Crippen molar-refractivity contribution in [3.63, 3.8) is 0 Å². The molecule has 1 heterocycles. The van der Waals surface area contributed by atoms with Gasteiger partial charge in [0.15, 0.2) is 0 Å². The molecule has 0 aliphatic heterocycles. The standard InChI is InChI=1S/C37H56ClN7O3S/c1-6-41-36(47)33(22-29-25(3)43-30-16-9-8-15-28(29)30)45(5)37(48)32(17-11-12-20-39)44-35(46)31(18-13-21-40)42-23-27-14-7-10-19-34(27)49-26(4)24(2)38/h7-10,14-16,19,24,26,31-33,42-43H,6,11-13,17-18,20-23,39-40H2,1-5H3,(H,41,47)(H,44,46)/t24-,26?,31+,32+,33+/m1/s1. The number of aromatic nitrogens is 1. The number of nitrogens with one attached hydrogen (secondary N) is 4. The summed E-state index contributed by atoms with van der Waals surface area (Å²) in [6.45, 7) is 9.72. The molecule has 0 aliphatic rings. The number of aryl methyl sites for hydroxylation is 1. The molecule has 0 spiro atoms. The van der Waals surface area contributed by atoms with Crippen molar-refractivity contribution in [2.75, 3.05) is 26.7 Å². The summed E-state index contributed by atoms with van der Waals surface area (Å²) < 4.78 is 0. The number of rotatable bonds is 21. The Morgan fingerprint density at radius 1 is 0.939 bits per heavy atom. The summed E-state index contributed by atoms with van der Waals surface area (Å²) in [5.41, 5.74) is 15.6. The smallest absolute Gasteiger partial charge is 0.245 e. The average Bonchev–Trinajstić information content (AvgIpc) is 3.40. The lowest BCUT2D eigenvalue weighted by molar-refractivity contribution is -0.142. The number of nitrogens with zero attached hydrogens (tertiary/aromatic N) is 1. The number of benzene rings is 2. The van der Waals surface area contributed by atoms with Crippen LogP contribution < -0.4 is 27.4 Å². The quantitative estimate of drug-likeness (QED) is 0.0535. The van der Waals surface area contributed by atoms with E-state index in [1.807, 2.05) is 63.2 Å². The van der Waals surface area contributed by atoms with E-state index in [0.717, 1.165) is 32.6 Å². The van der Waals surface area contributed by atoms with Gasteiger partial charge in [-0.15, -0.1) is 23.4 Å². The number of carbonyl (C=O) groups excluding carboxylic acids is 3. The maximum Gasteiger partial charge on any atom is 0.245 e. The van der Waals surface area contributed by atoms with E-state index < -0.39 is 18.1 Å². The first-order valence-electron chi connectivity index (χ1n) is 17.4. The molecule has 0 saturated carbocycles. The first-order chi connectivity index (χ1) is 23.5. The van der Waals surface area contributed by atoms with Crippen LogP contribution >= 0.6 is 23.4 Å². The minimum absolute atomic E-state index is 0.00000289. The third kappa shape index (κ3) is 11.7. The maximum atomic E-state index is 14.3. The van der Waals surface area contributed by atoms with Crippen LogP contribution in [-0.2, 0) is 27.3 Å². The number of amides is 3. The molecule has 1 aromatic heterocycles. The van der Waals surface area contributed by atoms with Crippen LogP contribution in [0.25, 0.3) is 10.9 Å². The molecule has 12 heteroatoms. The highest BCUT2D eigenvalue weighted by molar-refractivity contribution is 8.00. The number of alkyl halides is 1. The molecule has 270 valence electrons. The predicted molar refractivity (Wildman–Crippen MR) is 203 cm³/mol. The third-order valence-corrected chi connectivity index (χ3v) is 10.9. The maximum absolute atomic E-state index is 14.3. The van der Waals surface area contributed by atoms with Crippen LogP contribution in [0.1, 0.15) is 69.7 Å². The molecule has 10 nitrogen and oxygen atoms in total. The van der Waals surface area contributed by atoms with Gasteiger partial charge in [0.1, 0.15) is 12.1 Å². The van der Waals surface area contributed by atoms with E-state index in [0.29, 0.717) is 64.7 Å². The van der Waals surface area contributed by atoms with Crippen LogP contribution in [0.4, 0.5) is 0 Å². The number of nitrogens with two attached hydrogens (primary N) is 2. The molecule has 0 aliphatic carbocycles. The summed E-state index contributed by atoms with van der Waals surface area (Å²) in [7, 11) is 1.65. The van der Waals surface area contributed by atoms with Gasteiger partial charge in [0.2, 0.25) is 17.7 Å². The fourth-order valence-electron chi connectivity index (χ4n) is 5.85. The number of thioether (sulfide) groups is 1. The van der Waals surface area contributed by atoms with Crippen molar-refractivity contribution in [1.29, 1.82) is 0 Å². The highest BCUT2D eigenvalue weighted by atomic mass is 35.5. The fraction of sp³-hybridized carbons (Fsp3) is 0.541. The number of hydrogen-bond acceptors (Lipinski definition) is 7. The highest BCUT2D eigenvalue weighted by Crippen LogP contribution is 2.30. The number of likely N-dealkylation sites (N-methyl/N-ethyl adjacent to an activating group) is 2. The first kappa shape index (κ1) is 40.3. The van der Waals surface area contributed by atoms with Crippen molar-refractivity contribution in [2.45, 2.75) is 106 Å². The second-order valence-corrected chi connectivity index (χ2v) is 14.8. The van der Waals surface area contributed by atoms with Crippen molar-refractivity contribution in [1.82, 2.24) is 25.8 Å². The molecule has 3 rings (SSSR count). The van der Waals surface area contributed by atoms with E-state index in [1.165, 1.54) is 4.90 Å². The summed E-state index contributed by atoms with van der Waals surface area (Å²) in [6.07, 6.45) is 3.23. The molecule has 5 atom stereocenters. The summed E-state index contributed by atoms with van der Waals surface area (Å²) in [4.78, 5) is 47.7. The van der Waals surface area contributed by atoms with Crippen molar-refractivity contribution >= 4 is 52.0 Å². The SMILES string of the molecule is CCNC(=O)[C@H](Cc1c(C)[nH]c2ccccc12)N(C)C(=O)[C@H](CCCCN)NC(=O)[C@H](CCCN)NCc1ccccc1SC(C)[C@@H](C)Cl. The lowest BCUT2D eigenvalue weighted by Crippen LogP contribution is -2.57. The summed E-state index contributed by atoms with van der Waals surface area (Å²) in [5.74, 6) is -0.836. The second-order valence-electron chi connectivity index (χ2n) is 12.7. The molecule has 2 aromatic carbocycles. The number of unbranched alkanes of at least 4 members (excludes halogenated alkanes) is 1. The Bertz CT molecular complexity index is 1500. The van der Waals surface area contributed by atoms with E-state index in [1.54, 1.807) is 18.8 Å². The Balaban J connectivity index is 1.84. The number of H-pyrrole nitrogens is 1. The summed E-state index contributed by atoms with van der Waals surface area (Å²) >= 11 is 8.06. The van der Waals surface area contributed by atoms with Crippen molar-refractivity contribution < 1.29 is 14.4 Å². The van der Waals surface area contributed by atoms with Gasteiger partial charge in [-0.1, -0.05) is 43.3 Å². The Morgan fingerprint density at radius 2 is 1.61 bits per heavy atom. The minimum Gasteiger partial charge on any atom is -0.358 e.